The number of aromatic nitrogens is 1. The van der Waals surface area contributed by atoms with Crippen LogP contribution in [0.2, 0.25) is 10.2 Å². The molecule has 5 heteroatoms. The molecule has 1 N–H and O–H groups in total. The predicted molar refractivity (Wildman–Crippen MR) is 75.5 cm³/mol. The lowest BCUT2D eigenvalue weighted by atomic mass is 9.98. The van der Waals surface area contributed by atoms with E-state index in [1.54, 1.807) is 6.07 Å². The molecule has 0 aromatic carbocycles. The van der Waals surface area contributed by atoms with E-state index in [4.69, 9.17) is 23.2 Å². The van der Waals surface area contributed by atoms with Crippen LogP contribution < -0.4 is 5.32 Å². The fourth-order valence-electron chi connectivity index (χ4n) is 2.62. The van der Waals surface area contributed by atoms with Crippen molar-refractivity contribution in [3.8, 4) is 0 Å². The summed E-state index contributed by atoms with van der Waals surface area (Å²) < 4.78 is 0. The first-order chi connectivity index (χ1) is 9.15. The summed E-state index contributed by atoms with van der Waals surface area (Å²) in [5, 5.41) is 3.55. The number of hydrogen-bond acceptors (Lipinski definition) is 2. The number of nitrogens with one attached hydrogen (secondary N) is 1. The molecule has 1 aromatic rings. The average molecular weight is 299 g/mol. The van der Waals surface area contributed by atoms with Gasteiger partial charge in [0, 0.05) is 12.7 Å². The van der Waals surface area contributed by atoms with Crippen LogP contribution in [0.25, 0.3) is 0 Å². The summed E-state index contributed by atoms with van der Waals surface area (Å²) in [6, 6.07) is 1.56. The van der Waals surface area contributed by atoms with E-state index >= 15 is 0 Å². The monoisotopic (exact) mass is 298 g/mol. The quantitative estimate of drug-likeness (QED) is 0.845. The molecule has 0 atom stereocenters. The fraction of sp³-hybridized carbons (Fsp3) is 0.571. The third kappa shape index (κ3) is 3.21. The van der Waals surface area contributed by atoms with E-state index in [9.17, 15) is 4.79 Å². The van der Waals surface area contributed by atoms with Crippen molar-refractivity contribution in [2.75, 3.05) is 6.54 Å². The van der Waals surface area contributed by atoms with E-state index in [0.29, 0.717) is 16.5 Å². The van der Waals surface area contributed by atoms with E-state index in [2.05, 4.69) is 10.3 Å². The average Bonchev–Trinajstić information content (AvgIpc) is 3.26. The Hall–Kier alpha value is -0.800. The number of carbonyl (C=O) groups is 1. The molecular formula is C14H16Cl2N2O. The van der Waals surface area contributed by atoms with E-state index in [-0.39, 0.29) is 11.1 Å². The highest BCUT2D eigenvalue weighted by Crippen LogP contribution is 2.48. The van der Waals surface area contributed by atoms with Crippen LogP contribution in [0.1, 0.15) is 36.0 Å². The van der Waals surface area contributed by atoms with Crippen molar-refractivity contribution in [1.82, 2.24) is 10.3 Å². The van der Waals surface area contributed by atoms with Gasteiger partial charge >= 0.3 is 0 Å². The number of carbonyl (C=O) groups excluding carboxylic acids is 1. The predicted octanol–water partition coefficient (Wildman–Crippen LogP) is 3.55. The van der Waals surface area contributed by atoms with Gasteiger partial charge in [-0.15, -0.1) is 0 Å². The normalized spacial score (nSPS) is 18.7. The van der Waals surface area contributed by atoms with Crippen molar-refractivity contribution in [1.29, 1.82) is 0 Å². The van der Waals surface area contributed by atoms with Gasteiger partial charge in [-0.05, 0) is 49.5 Å². The standard InChI is InChI=1S/C14H16Cl2N2O/c15-12-5-10(6-17-13(12)16)14(19)18-7-11(8-1-2-8)9-3-4-9/h5-6,8-9,11H,1-4,7H2,(H,18,19). The lowest BCUT2D eigenvalue weighted by Gasteiger charge is -2.16. The molecule has 3 rings (SSSR count). The molecule has 2 aliphatic rings. The second-order valence-electron chi connectivity index (χ2n) is 5.55. The largest absolute Gasteiger partial charge is 0.352 e. The summed E-state index contributed by atoms with van der Waals surface area (Å²) in [5.41, 5.74) is 0.472. The van der Waals surface area contributed by atoms with Gasteiger partial charge in [0.1, 0.15) is 5.15 Å². The van der Waals surface area contributed by atoms with Crippen molar-refractivity contribution in [3.05, 3.63) is 28.0 Å². The van der Waals surface area contributed by atoms with Crippen LogP contribution in [-0.4, -0.2) is 17.4 Å². The molecule has 0 unspecified atom stereocenters. The molecule has 0 saturated heterocycles. The molecule has 19 heavy (non-hydrogen) atoms. The van der Waals surface area contributed by atoms with E-state index in [1.807, 2.05) is 0 Å². The van der Waals surface area contributed by atoms with Crippen molar-refractivity contribution in [2.24, 2.45) is 17.8 Å². The molecule has 0 radical (unpaired) electrons. The minimum atomic E-state index is -0.114. The summed E-state index contributed by atoms with van der Waals surface area (Å²) in [4.78, 5) is 15.9. The molecule has 0 aliphatic heterocycles. The summed E-state index contributed by atoms with van der Waals surface area (Å²) in [5.74, 6) is 2.22. The van der Waals surface area contributed by atoms with Crippen LogP contribution in [0, 0.1) is 17.8 Å². The van der Waals surface area contributed by atoms with Crippen molar-refractivity contribution in [3.63, 3.8) is 0 Å². The lowest BCUT2D eigenvalue weighted by molar-refractivity contribution is 0.0943. The third-order valence-electron chi connectivity index (χ3n) is 4.01. The third-order valence-corrected chi connectivity index (χ3v) is 4.70. The summed E-state index contributed by atoms with van der Waals surface area (Å²) in [6.07, 6.45) is 6.76. The Bertz CT molecular complexity index is 486. The highest BCUT2D eigenvalue weighted by Gasteiger charge is 2.41. The van der Waals surface area contributed by atoms with Gasteiger partial charge in [-0.3, -0.25) is 4.79 Å². The first-order valence-electron chi connectivity index (χ1n) is 6.74. The van der Waals surface area contributed by atoms with Crippen LogP contribution in [0.15, 0.2) is 12.3 Å². The molecule has 0 spiro atoms. The van der Waals surface area contributed by atoms with Crippen LogP contribution in [0.3, 0.4) is 0 Å². The first kappa shape index (κ1) is 13.2. The second-order valence-corrected chi connectivity index (χ2v) is 6.31. The first-order valence-corrected chi connectivity index (χ1v) is 7.50. The SMILES string of the molecule is O=C(NCC(C1CC1)C1CC1)c1cnc(Cl)c(Cl)c1. The molecule has 102 valence electrons. The Morgan fingerprint density at radius 1 is 1.32 bits per heavy atom. The van der Waals surface area contributed by atoms with Crippen molar-refractivity contribution >= 4 is 29.1 Å². The van der Waals surface area contributed by atoms with Crippen molar-refractivity contribution < 1.29 is 4.79 Å². The molecule has 3 nitrogen and oxygen atoms in total. The molecular weight excluding hydrogens is 283 g/mol. The van der Waals surface area contributed by atoms with Gasteiger partial charge < -0.3 is 5.32 Å². The number of halogens is 2. The van der Waals surface area contributed by atoms with E-state index in [1.165, 1.54) is 31.9 Å². The van der Waals surface area contributed by atoms with Crippen LogP contribution in [-0.2, 0) is 0 Å². The summed E-state index contributed by atoms with van der Waals surface area (Å²) in [7, 11) is 0. The van der Waals surface area contributed by atoms with Gasteiger partial charge in [-0.25, -0.2) is 4.98 Å². The zero-order valence-electron chi connectivity index (χ0n) is 10.5. The van der Waals surface area contributed by atoms with Gasteiger partial charge in [0.15, 0.2) is 0 Å². The molecule has 1 amide bonds. The number of rotatable bonds is 5. The fourth-order valence-corrected chi connectivity index (χ4v) is 2.89. The minimum absolute atomic E-state index is 0.114. The highest BCUT2D eigenvalue weighted by molar-refractivity contribution is 6.41. The zero-order valence-corrected chi connectivity index (χ0v) is 12.0. The maximum absolute atomic E-state index is 12.0. The molecule has 2 saturated carbocycles. The molecule has 2 aliphatic carbocycles. The summed E-state index contributed by atoms with van der Waals surface area (Å²) in [6.45, 7) is 0.772. The van der Waals surface area contributed by atoms with E-state index in [0.717, 1.165) is 18.4 Å². The number of nitrogens with zero attached hydrogens (tertiary/aromatic N) is 1. The maximum Gasteiger partial charge on any atom is 0.252 e. The Labute approximate surface area is 122 Å². The zero-order chi connectivity index (χ0) is 13.4. The highest BCUT2D eigenvalue weighted by atomic mass is 35.5. The topological polar surface area (TPSA) is 42.0 Å². The number of amides is 1. The van der Waals surface area contributed by atoms with Gasteiger partial charge in [-0.2, -0.15) is 0 Å². The van der Waals surface area contributed by atoms with Crippen LogP contribution in [0.5, 0.6) is 0 Å². The van der Waals surface area contributed by atoms with Gasteiger partial charge in [-0.1, -0.05) is 23.2 Å². The Kier molecular flexibility index (Phi) is 3.68. The number of hydrogen-bond donors (Lipinski definition) is 1. The second kappa shape index (κ2) is 5.29. The molecule has 2 fully saturated rings. The van der Waals surface area contributed by atoms with Gasteiger partial charge in [0.25, 0.3) is 5.91 Å². The smallest absolute Gasteiger partial charge is 0.252 e. The minimum Gasteiger partial charge on any atom is -0.352 e. The van der Waals surface area contributed by atoms with Crippen LogP contribution >= 0.6 is 23.2 Å². The Balaban J connectivity index is 1.59. The van der Waals surface area contributed by atoms with Crippen molar-refractivity contribution in [2.45, 2.75) is 25.7 Å². The Morgan fingerprint density at radius 2 is 1.95 bits per heavy atom. The number of pyridine rings is 1. The lowest BCUT2D eigenvalue weighted by Crippen LogP contribution is -2.31. The van der Waals surface area contributed by atoms with E-state index < -0.39 is 0 Å². The van der Waals surface area contributed by atoms with Gasteiger partial charge in [0.2, 0.25) is 0 Å². The van der Waals surface area contributed by atoms with Gasteiger partial charge in [0.05, 0.1) is 10.6 Å². The molecule has 1 heterocycles. The van der Waals surface area contributed by atoms with Crippen LogP contribution in [0.4, 0.5) is 0 Å². The maximum atomic E-state index is 12.0. The summed E-state index contributed by atoms with van der Waals surface area (Å²) >= 11 is 11.6. The molecule has 0 bridgehead atoms. The Morgan fingerprint density at radius 3 is 2.47 bits per heavy atom. The molecule has 1 aromatic heterocycles.